The highest BCUT2D eigenvalue weighted by molar-refractivity contribution is 5.40. The van der Waals surface area contributed by atoms with Crippen molar-refractivity contribution in [3.05, 3.63) is 30.3 Å². The van der Waals surface area contributed by atoms with E-state index in [1.54, 1.807) is 0 Å². The summed E-state index contributed by atoms with van der Waals surface area (Å²) in [4.78, 5) is 5.58. The van der Waals surface area contributed by atoms with Gasteiger partial charge in [-0.25, -0.2) is 0 Å². The molecule has 3 nitrogen and oxygen atoms in total. The van der Waals surface area contributed by atoms with E-state index in [4.69, 9.17) is 4.84 Å². The molecule has 0 bridgehead atoms. The van der Waals surface area contributed by atoms with Crippen molar-refractivity contribution in [2.24, 2.45) is 0 Å². The topological polar surface area (TPSA) is 33.3 Å². The van der Waals surface area contributed by atoms with Crippen molar-refractivity contribution in [2.45, 2.75) is 18.9 Å². The molecule has 0 amide bonds. The van der Waals surface area contributed by atoms with E-state index in [1.807, 2.05) is 30.3 Å². The van der Waals surface area contributed by atoms with Gasteiger partial charge in [0.2, 0.25) is 0 Å². The van der Waals surface area contributed by atoms with E-state index in [0.29, 0.717) is 6.10 Å². The Morgan fingerprint density at radius 1 is 1.14 bits per heavy atom. The highest BCUT2D eigenvalue weighted by atomic mass is 16.7. The van der Waals surface area contributed by atoms with Crippen LogP contribution in [0, 0.1) is 0 Å². The molecule has 0 atom stereocenters. The molecule has 0 aromatic heterocycles. The molecular weight excluding hydrogens is 176 g/mol. The van der Waals surface area contributed by atoms with Gasteiger partial charge in [-0.05, 0) is 38.1 Å². The Bertz CT molecular complexity index is 257. The minimum atomic E-state index is 0.344. The Hall–Kier alpha value is -1.06. The molecule has 1 fully saturated rings. The third-order valence-electron chi connectivity index (χ3n) is 2.40. The lowest BCUT2D eigenvalue weighted by Crippen LogP contribution is -2.33. The zero-order valence-electron chi connectivity index (χ0n) is 8.20. The van der Waals surface area contributed by atoms with Crippen LogP contribution in [0.5, 0.6) is 0 Å². The lowest BCUT2D eigenvalue weighted by Gasteiger charge is -2.22. The summed E-state index contributed by atoms with van der Waals surface area (Å²) in [5.41, 5.74) is 4.01. The van der Waals surface area contributed by atoms with E-state index in [1.165, 1.54) is 0 Å². The number of benzene rings is 1. The minimum absolute atomic E-state index is 0.344. The average Bonchev–Trinajstić information content (AvgIpc) is 2.29. The number of piperidine rings is 1. The van der Waals surface area contributed by atoms with Gasteiger partial charge in [0, 0.05) is 0 Å². The Morgan fingerprint density at radius 3 is 2.57 bits per heavy atom. The van der Waals surface area contributed by atoms with E-state index in [0.717, 1.165) is 31.6 Å². The SMILES string of the molecule is c1ccc(NOC2CCNCC2)cc1. The van der Waals surface area contributed by atoms with Crippen LogP contribution in [-0.2, 0) is 4.84 Å². The minimum Gasteiger partial charge on any atom is -0.317 e. The van der Waals surface area contributed by atoms with E-state index in [-0.39, 0.29) is 0 Å². The normalized spacial score (nSPS) is 18.0. The summed E-state index contributed by atoms with van der Waals surface area (Å²) in [7, 11) is 0. The summed E-state index contributed by atoms with van der Waals surface area (Å²) < 4.78 is 0. The smallest absolute Gasteiger partial charge is 0.0878 e. The molecule has 0 radical (unpaired) electrons. The molecule has 2 rings (SSSR count). The van der Waals surface area contributed by atoms with Gasteiger partial charge in [-0.2, -0.15) is 0 Å². The molecule has 76 valence electrons. The molecule has 1 aliphatic heterocycles. The van der Waals surface area contributed by atoms with Crippen LogP contribution in [0.25, 0.3) is 0 Å². The van der Waals surface area contributed by atoms with Gasteiger partial charge in [0.25, 0.3) is 0 Å². The van der Waals surface area contributed by atoms with Gasteiger partial charge in [-0.1, -0.05) is 18.2 Å². The highest BCUT2D eigenvalue weighted by Gasteiger charge is 2.13. The van der Waals surface area contributed by atoms with E-state index in [2.05, 4.69) is 10.8 Å². The summed E-state index contributed by atoms with van der Waals surface area (Å²) in [5, 5.41) is 3.31. The predicted molar refractivity (Wildman–Crippen MR) is 57.0 cm³/mol. The van der Waals surface area contributed by atoms with Crippen LogP contribution in [0.2, 0.25) is 0 Å². The molecular formula is C11H16N2O. The number of hydrogen-bond donors (Lipinski definition) is 2. The summed E-state index contributed by atoms with van der Waals surface area (Å²) in [6, 6.07) is 9.99. The first-order chi connectivity index (χ1) is 6.95. The van der Waals surface area contributed by atoms with Crippen LogP contribution in [-0.4, -0.2) is 19.2 Å². The number of anilines is 1. The number of nitrogens with one attached hydrogen (secondary N) is 2. The molecule has 0 aliphatic carbocycles. The first-order valence-electron chi connectivity index (χ1n) is 5.12. The maximum absolute atomic E-state index is 5.58. The number of rotatable bonds is 3. The fourth-order valence-corrected chi connectivity index (χ4v) is 1.57. The second kappa shape index (κ2) is 4.98. The predicted octanol–water partition coefficient (Wildman–Crippen LogP) is 1.78. The molecule has 0 spiro atoms. The summed E-state index contributed by atoms with van der Waals surface area (Å²) in [6.07, 6.45) is 2.51. The van der Waals surface area contributed by atoms with Crippen LogP contribution in [0.4, 0.5) is 5.69 Å². The zero-order valence-corrected chi connectivity index (χ0v) is 8.20. The Labute approximate surface area is 84.4 Å². The molecule has 0 unspecified atom stereocenters. The van der Waals surface area contributed by atoms with Crippen molar-refractivity contribution >= 4 is 5.69 Å². The van der Waals surface area contributed by atoms with Gasteiger partial charge in [-0.3, -0.25) is 10.3 Å². The Morgan fingerprint density at radius 2 is 1.86 bits per heavy atom. The maximum Gasteiger partial charge on any atom is 0.0878 e. The zero-order chi connectivity index (χ0) is 9.64. The van der Waals surface area contributed by atoms with Gasteiger partial charge >= 0.3 is 0 Å². The molecule has 0 saturated carbocycles. The fourth-order valence-electron chi connectivity index (χ4n) is 1.57. The molecule has 3 heteroatoms. The Kier molecular flexibility index (Phi) is 3.38. The van der Waals surface area contributed by atoms with E-state index < -0.39 is 0 Å². The van der Waals surface area contributed by atoms with Gasteiger partial charge < -0.3 is 5.32 Å². The van der Waals surface area contributed by atoms with Gasteiger partial charge in [0.05, 0.1) is 11.8 Å². The molecule has 14 heavy (non-hydrogen) atoms. The van der Waals surface area contributed by atoms with E-state index >= 15 is 0 Å². The standard InChI is InChI=1S/C11H16N2O/c1-2-4-10(5-3-1)13-14-11-6-8-12-9-7-11/h1-5,11-13H,6-9H2. The van der Waals surface area contributed by atoms with Crippen molar-refractivity contribution in [1.29, 1.82) is 0 Å². The van der Waals surface area contributed by atoms with Crippen molar-refractivity contribution in [3.63, 3.8) is 0 Å². The van der Waals surface area contributed by atoms with Crippen molar-refractivity contribution in [1.82, 2.24) is 5.32 Å². The molecule has 2 N–H and O–H groups in total. The lowest BCUT2D eigenvalue weighted by atomic mass is 10.1. The fraction of sp³-hybridized carbons (Fsp3) is 0.455. The Balaban J connectivity index is 1.76. The summed E-state index contributed by atoms with van der Waals surface area (Å²) in [6.45, 7) is 2.11. The first-order valence-corrected chi connectivity index (χ1v) is 5.12. The third-order valence-corrected chi connectivity index (χ3v) is 2.40. The van der Waals surface area contributed by atoms with Crippen LogP contribution in [0.3, 0.4) is 0 Å². The first kappa shape index (κ1) is 9.49. The molecule has 1 aromatic rings. The second-order valence-corrected chi connectivity index (χ2v) is 3.54. The second-order valence-electron chi connectivity index (χ2n) is 3.54. The van der Waals surface area contributed by atoms with Gasteiger partial charge in [0.15, 0.2) is 0 Å². The largest absolute Gasteiger partial charge is 0.317 e. The van der Waals surface area contributed by atoms with Crippen LogP contribution >= 0.6 is 0 Å². The lowest BCUT2D eigenvalue weighted by molar-refractivity contribution is 0.0740. The van der Waals surface area contributed by atoms with Crippen molar-refractivity contribution in [3.8, 4) is 0 Å². The number of para-hydroxylation sites is 1. The monoisotopic (exact) mass is 192 g/mol. The molecule has 1 aliphatic rings. The maximum atomic E-state index is 5.58. The molecule has 1 heterocycles. The summed E-state index contributed by atoms with van der Waals surface area (Å²) >= 11 is 0. The van der Waals surface area contributed by atoms with Gasteiger partial charge in [0.1, 0.15) is 0 Å². The quantitative estimate of drug-likeness (QED) is 0.716. The highest BCUT2D eigenvalue weighted by Crippen LogP contribution is 2.10. The van der Waals surface area contributed by atoms with Crippen LogP contribution in [0.15, 0.2) is 30.3 Å². The molecule has 1 aromatic carbocycles. The van der Waals surface area contributed by atoms with Crippen molar-refractivity contribution < 1.29 is 4.84 Å². The van der Waals surface area contributed by atoms with Crippen LogP contribution < -0.4 is 10.8 Å². The van der Waals surface area contributed by atoms with Crippen molar-refractivity contribution in [2.75, 3.05) is 18.6 Å². The van der Waals surface area contributed by atoms with Gasteiger partial charge in [-0.15, -0.1) is 0 Å². The summed E-state index contributed by atoms with van der Waals surface area (Å²) in [5.74, 6) is 0. The third kappa shape index (κ3) is 2.72. The van der Waals surface area contributed by atoms with Crippen LogP contribution in [0.1, 0.15) is 12.8 Å². The van der Waals surface area contributed by atoms with E-state index in [9.17, 15) is 0 Å². The average molecular weight is 192 g/mol. The molecule has 1 saturated heterocycles. The number of hydrogen-bond acceptors (Lipinski definition) is 3.